The van der Waals surface area contributed by atoms with Gasteiger partial charge in [-0.2, -0.15) is 5.10 Å². The number of fused-ring (bicyclic) bond motifs is 1. The van der Waals surface area contributed by atoms with Crippen molar-refractivity contribution in [3.63, 3.8) is 0 Å². The third-order valence-corrected chi connectivity index (χ3v) is 5.15. The Bertz CT molecular complexity index is 1040. The van der Waals surface area contributed by atoms with Gasteiger partial charge in [-0.25, -0.2) is 0 Å². The highest BCUT2D eigenvalue weighted by Crippen LogP contribution is 2.29. The first-order valence-electron chi connectivity index (χ1n) is 10.1. The maximum atomic E-state index is 11.1. The first kappa shape index (κ1) is 21.9. The summed E-state index contributed by atoms with van der Waals surface area (Å²) in [6.45, 7) is 7.36. The summed E-state index contributed by atoms with van der Waals surface area (Å²) in [6, 6.07) is 13.6. The standard InChI is InChI=1S/C24H27ClN2O3/c1-4-6-18(13-22(28)29)17-9-11-20(12-10-17)30-15-19-7-5-8-21-23(19)24(25)26-27(21)14-16(2)3/h4-12,16,18H,13-15H2,1-3H3,(H,28,29)/t18-/m1/s1. The summed E-state index contributed by atoms with van der Waals surface area (Å²) in [6.07, 6.45) is 3.84. The molecule has 0 amide bonds. The molecule has 0 aliphatic rings. The molecule has 1 heterocycles. The van der Waals surface area contributed by atoms with Gasteiger partial charge in [0.25, 0.3) is 0 Å². The van der Waals surface area contributed by atoms with Crippen LogP contribution >= 0.6 is 11.6 Å². The van der Waals surface area contributed by atoms with Gasteiger partial charge in [-0.3, -0.25) is 9.48 Å². The summed E-state index contributed by atoms with van der Waals surface area (Å²) in [4.78, 5) is 11.1. The van der Waals surface area contributed by atoms with E-state index in [9.17, 15) is 4.79 Å². The highest BCUT2D eigenvalue weighted by Gasteiger charge is 2.15. The van der Waals surface area contributed by atoms with Crippen molar-refractivity contribution >= 4 is 28.5 Å². The van der Waals surface area contributed by atoms with Gasteiger partial charge in [-0.1, -0.05) is 61.9 Å². The number of nitrogens with zero attached hydrogens (tertiary/aromatic N) is 2. The molecule has 5 nitrogen and oxygen atoms in total. The lowest BCUT2D eigenvalue weighted by atomic mass is 9.95. The molecule has 0 spiro atoms. The summed E-state index contributed by atoms with van der Waals surface area (Å²) in [5, 5.41) is 15.0. The lowest BCUT2D eigenvalue weighted by molar-refractivity contribution is -0.137. The van der Waals surface area contributed by atoms with Crippen LogP contribution in [0, 0.1) is 5.92 Å². The Balaban J connectivity index is 1.76. The van der Waals surface area contributed by atoms with E-state index in [0.29, 0.717) is 17.7 Å². The largest absolute Gasteiger partial charge is 0.489 e. The number of carboxylic acids is 1. The number of aliphatic carboxylic acids is 1. The monoisotopic (exact) mass is 426 g/mol. The average Bonchev–Trinajstić information content (AvgIpc) is 3.01. The average molecular weight is 427 g/mol. The van der Waals surface area contributed by atoms with Crippen molar-refractivity contribution in [2.75, 3.05) is 0 Å². The highest BCUT2D eigenvalue weighted by molar-refractivity contribution is 6.34. The van der Waals surface area contributed by atoms with Crippen molar-refractivity contribution in [1.82, 2.24) is 9.78 Å². The topological polar surface area (TPSA) is 64.3 Å². The molecule has 3 aromatic rings. The highest BCUT2D eigenvalue weighted by atomic mass is 35.5. The fraction of sp³-hybridized carbons (Fsp3) is 0.333. The van der Waals surface area contributed by atoms with Crippen LogP contribution < -0.4 is 4.74 Å². The number of hydrogen-bond acceptors (Lipinski definition) is 3. The van der Waals surface area contributed by atoms with Crippen molar-refractivity contribution in [2.24, 2.45) is 5.92 Å². The number of halogens is 1. The zero-order valence-electron chi connectivity index (χ0n) is 17.5. The molecule has 0 aliphatic heterocycles. The van der Waals surface area contributed by atoms with Crippen molar-refractivity contribution < 1.29 is 14.6 Å². The first-order valence-corrected chi connectivity index (χ1v) is 10.5. The van der Waals surface area contributed by atoms with Crippen LogP contribution in [0.15, 0.2) is 54.6 Å². The van der Waals surface area contributed by atoms with Crippen LogP contribution in [-0.2, 0) is 17.9 Å². The van der Waals surface area contributed by atoms with E-state index >= 15 is 0 Å². The molecule has 1 N–H and O–H groups in total. The molecule has 6 heteroatoms. The van der Waals surface area contributed by atoms with Crippen LogP contribution in [0.3, 0.4) is 0 Å². The van der Waals surface area contributed by atoms with Crippen molar-refractivity contribution in [2.45, 2.75) is 46.3 Å². The molecule has 0 saturated heterocycles. The molecule has 1 atom stereocenters. The number of benzene rings is 2. The molecule has 0 saturated carbocycles. The summed E-state index contributed by atoms with van der Waals surface area (Å²) in [5.41, 5.74) is 2.94. The van der Waals surface area contributed by atoms with Gasteiger partial charge in [-0.05, 0) is 36.6 Å². The van der Waals surface area contributed by atoms with Crippen LogP contribution in [0.2, 0.25) is 5.15 Å². The third-order valence-electron chi connectivity index (χ3n) is 4.88. The summed E-state index contributed by atoms with van der Waals surface area (Å²) in [7, 11) is 0. The minimum absolute atomic E-state index is 0.0609. The van der Waals surface area contributed by atoms with Gasteiger partial charge in [0.05, 0.1) is 11.9 Å². The molecule has 3 rings (SSSR count). The zero-order chi connectivity index (χ0) is 21.7. The third kappa shape index (κ3) is 5.22. The summed E-state index contributed by atoms with van der Waals surface area (Å²) < 4.78 is 7.94. The van der Waals surface area contributed by atoms with Crippen molar-refractivity contribution in [3.8, 4) is 5.75 Å². The van der Waals surface area contributed by atoms with Gasteiger partial charge in [-0.15, -0.1) is 0 Å². The van der Waals surface area contributed by atoms with Crippen LogP contribution in [0.1, 0.15) is 44.2 Å². The molecular weight excluding hydrogens is 400 g/mol. The smallest absolute Gasteiger partial charge is 0.304 e. The molecule has 158 valence electrons. The minimum atomic E-state index is -0.818. The van der Waals surface area contributed by atoms with Gasteiger partial charge >= 0.3 is 5.97 Å². The minimum Gasteiger partial charge on any atom is -0.489 e. The number of carboxylic acid groups (broad SMARTS) is 1. The Morgan fingerprint density at radius 3 is 2.60 bits per heavy atom. The Labute approximate surface area is 181 Å². The van der Waals surface area contributed by atoms with Gasteiger partial charge in [0.2, 0.25) is 0 Å². The lowest BCUT2D eigenvalue weighted by Gasteiger charge is -2.13. The Morgan fingerprint density at radius 1 is 1.23 bits per heavy atom. The molecule has 0 aliphatic carbocycles. The van der Waals surface area contributed by atoms with Crippen LogP contribution in [-0.4, -0.2) is 20.9 Å². The Hall–Kier alpha value is -2.79. The second-order valence-electron chi connectivity index (χ2n) is 7.77. The van der Waals surface area contributed by atoms with Crippen LogP contribution in [0.5, 0.6) is 5.75 Å². The molecule has 30 heavy (non-hydrogen) atoms. The number of aromatic nitrogens is 2. The molecule has 2 aromatic carbocycles. The van der Waals surface area contributed by atoms with Crippen LogP contribution in [0.4, 0.5) is 0 Å². The predicted molar refractivity (Wildman–Crippen MR) is 120 cm³/mol. The number of rotatable bonds is 9. The van der Waals surface area contributed by atoms with Gasteiger partial charge in [0.1, 0.15) is 12.4 Å². The van der Waals surface area contributed by atoms with Crippen molar-refractivity contribution in [1.29, 1.82) is 0 Å². The number of allylic oxidation sites excluding steroid dienone is 2. The fourth-order valence-corrected chi connectivity index (χ4v) is 3.85. The molecule has 0 unspecified atom stereocenters. The van der Waals surface area contributed by atoms with E-state index in [1.54, 1.807) is 0 Å². The second-order valence-corrected chi connectivity index (χ2v) is 8.12. The summed E-state index contributed by atoms with van der Waals surface area (Å²) in [5.74, 6) is 0.216. The fourth-order valence-electron chi connectivity index (χ4n) is 3.54. The van der Waals surface area contributed by atoms with Gasteiger partial charge < -0.3 is 9.84 Å². The molecule has 0 fully saturated rings. The Kier molecular flexibility index (Phi) is 7.16. The van der Waals surface area contributed by atoms with E-state index in [0.717, 1.165) is 34.3 Å². The lowest BCUT2D eigenvalue weighted by Crippen LogP contribution is -2.05. The van der Waals surface area contributed by atoms with E-state index in [4.69, 9.17) is 21.4 Å². The van der Waals surface area contributed by atoms with E-state index in [1.807, 2.05) is 66.2 Å². The quantitative estimate of drug-likeness (QED) is 0.422. The van der Waals surface area contributed by atoms with Crippen molar-refractivity contribution in [3.05, 3.63) is 70.9 Å². The van der Waals surface area contributed by atoms with E-state index in [-0.39, 0.29) is 12.3 Å². The normalized spacial score (nSPS) is 12.7. The molecular formula is C24H27ClN2O3. The summed E-state index contributed by atoms with van der Waals surface area (Å²) >= 11 is 6.43. The van der Waals surface area contributed by atoms with Gasteiger partial charge in [0.15, 0.2) is 5.15 Å². The second kappa shape index (κ2) is 9.81. The Morgan fingerprint density at radius 2 is 1.97 bits per heavy atom. The zero-order valence-corrected chi connectivity index (χ0v) is 18.3. The molecule has 0 bridgehead atoms. The first-order chi connectivity index (χ1) is 14.4. The maximum absolute atomic E-state index is 11.1. The predicted octanol–water partition coefficient (Wildman–Crippen LogP) is 6.06. The molecule has 1 aromatic heterocycles. The number of hydrogen-bond donors (Lipinski definition) is 1. The van der Waals surface area contributed by atoms with E-state index in [1.165, 1.54) is 0 Å². The molecule has 0 radical (unpaired) electrons. The number of ether oxygens (including phenoxy) is 1. The van der Waals surface area contributed by atoms with Gasteiger partial charge in [0, 0.05) is 23.4 Å². The number of carbonyl (C=O) groups is 1. The SMILES string of the molecule is CC=C[C@H](CC(=O)O)c1ccc(OCc2cccc3c2c(Cl)nn3CC(C)C)cc1. The maximum Gasteiger partial charge on any atom is 0.304 e. The van der Waals surface area contributed by atoms with E-state index in [2.05, 4.69) is 18.9 Å². The van der Waals surface area contributed by atoms with Crippen LogP contribution in [0.25, 0.3) is 10.9 Å². The van der Waals surface area contributed by atoms with E-state index < -0.39 is 5.97 Å².